The van der Waals surface area contributed by atoms with Gasteiger partial charge in [0.1, 0.15) is 11.6 Å². The van der Waals surface area contributed by atoms with Crippen LogP contribution in [0.4, 0.5) is 10.1 Å². The first-order valence-electron chi connectivity index (χ1n) is 14.6. The molecule has 3 N–H and O–H groups in total. The van der Waals surface area contributed by atoms with Crippen molar-refractivity contribution in [3.8, 4) is 0 Å². The molecule has 0 atom stereocenters. The van der Waals surface area contributed by atoms with Crippen LogP contribution >= 0.6 is 0 Å². The lowest BCUT2D eigenvalue weighted by Gasteiger charge is -2.15. The van der Waals surface area contributed by atoms with Crippen molar-refractivity contribution in [2.24, 2.45) is 5.92 Å². The number of nitrogens with zero attached hydrogens (tertiary/aromatic N) is 2. The Balaban J connectivity index is 1.65. The number of halogens is 1. The first kappa shape index (κ1) is 30.7. The Morgan fingerprint density at radius 3 is 2.62 bits per heavy atom. The molecule has 1 aromatic carbocycles. The van der Waals surface area contributed by atoms with Gasteiger partial charge in [-0.3, -0.25) is 4.98 Å². The molecule has 2 heterocycles. The summed E-state index contributed by atoms with van der Waals surface area (Å²) in [6, 6.07) is 7.25. The Hall–Kier alpha value is -4.29. The summed E-state index contributed by atoms with van der Waals surface area (Å²) in [6.45, 7) is 17.9. The fourth-order valence-electron chi connectivity index (χ4n) is 5.53. The van der Waals surface area contributed by atoms with Gasteiger partial charge in [0.05, 0.1) is 5.69 Å². The average molecular weight is 564 g/mol. The third-order valence-electron chi connectivity index (χ3n) is 7.85. The Morgan fingerprint density at radius 2 is 1.98 bits per heavy atom. The molecule has 0 spiro atoms. The van der Waals surface area contributed by atoms with Crippen molar-refractivity contribution < 1.29 is 4.39 Å². The van der Waals surface area contributed by atoms with Crippen LogP contribution in [0.15, 0.2) is 92.3 Å². The van der Waals surface area contributed by atoms with Gasteiger partial charge in [0.15, 0.2) is 0 Å². The van der Waals surface area contributed by atoms with E-state index >= 15 is 4.39 Å². The molecule has 0 aliphatic heterocycles. The van der Waals surface area contributed by atoms with E-state index in [9.17, 15) is 0 Å². The lowest BCUT2D eigenvalue weighted by atomic mass is 9.95. The Kier molecular flexibility index (Phi) is 10.6. The van der Waals surface area contributed by atoms with Crippen LogP contribution in [0.25, 0.3) is 16.7 Å². The fourth-order valence-corrected chi connectivity index (χ4v) is 5.53. The van der Waals surface area contributed by atoms with E-state index in [4.69, 9.17) is 4.98 Å². The van der Waals surface area contributed by atoms with Crippen molar-refractivity contribution in [3.63, 3.8) is 0 Å². The van der Waals surface area contributed by atoms with Gasteiger partial charge in [0.2, 0.25) is 0 Å². The van der Waals surface area contributed by atoms with Gasteiger partial charge >= 0.3 is 0 Å². The molecule has 4 rings (SSSR count). The van der Waals surface area contributed by atoms with Gasteiger partial charge < -0.3 is 15.6 Å². The van der Waals surface area contributed by atoms with Crippen LogP contribution in [0, 0.1) is 18.7 Å². The van der Waals surface area contributed by atoms with E-state index in [2.05, 4.69) is 40.3 Å². The molecule has 0 bridgehead atoms. The van der Waals surface area contributed by atoms with Gasteiger partial charge in [-0.05, 0) is 68.5 Å². The van der Waals surface area contributed by atoms with Crippen molar-refractivity contribution >= 4 is 22.4 Å². The number of nitrogens with one attached hydrogen (secondary N) is 3. The number of H-pyrrole nitrogens is 1. The second-order valence-electron chi connectivity index (χ2n) is 10.7. The highest BCUT2D eigenvalue weighted by atomic mass is 19.1. The number of rotatable bonds is 13. The number of pyridine rings is 1. The predicted molar refractivity (Wildman–Crippen MR) is 176 cm³/mol. The van der Waals surface area contributed by atoms with Gasteiger partial charge in [-0.15, -0.1) is 0 Å². The van der Waals surface area contributed by atoms with Gasteiger partial charge in [-0.1, -0.05) is 69.0 Å². The molecule has 1 saturated carbocycles. The zero-order valence-electron chi connectivity index (χ0n) is 25.1. The predicted octanol–water partition coefficient (Wildman–Crippen LogP) is 8.27. The zero-order valence-corrected chi connectivity index (χ0v) is 25.1. The molecule has 42 heavy (non-hydrogen) atoms. The summed E-state index contributed by atoms with van der Waals surface area (Å²) in [5.41, 5.74) is 7.84. The molecular weight excluding hydrogens is 521 g/mol. The van der Waals surface area contributed by atoms with Crippen LogP contribution in [0.2, 0.25) is 0 Å². The first-order valence-corrected chi connectivity index (χ1v) is 14.6. The largest absolute Gasteiger partial charge is 0.388 e. The van der Waals surface area contributed by atoms with Crippen molar-refractivity contribution in [2.45, 2.75) is 39.5 Å². The second-order valence-corrected chi connectivity index (χ2v) is 10.7. The highest BCUT2D eigenvalue weighted by Crippen LogP contribution is 2.34. The summed E-state index contributed by atoms with van der Waals surface area (Å²) >= 11 is 0. The Labute approximate surface area is 249 Å². The molecule has 1 fully saturated rings. The summed E-state index contributed by atoms with van der Waals surface area (Å²) in [4.78, 5) is 12.6. The van der Waals surface area contributed by atoms with E-state index in [-0.39, 0.29) is 5.82 Å². The van der Waals surface area contributed by atoms with E-state index in [1.165, 1.54) is 31.7 Å². The van der Waals surface area contributed by atoms with E-state index in [1.54, 1.807) is 25.5 Å². The third-order valence-corrected chi connectivity index (χ3v) is 7.85. The summed E-state index contributed by atoms with van der Waals surface area (Å²) in [5, 5.41) is 6.70. The van der Waals surface area contributed by atoms with Crippen molar-refractivity contribution in [2.75, 3.05) is 25.5 Å². The van der Waals surface area contributed by atoms with E-state index in [0.29, 0.717) is 29.2 Å². The molecule has 3 aromatic rings. The fraction of sp³-hybridized carbons (Fsp3) is 0.278. The smallest absolute Gasteiger partial charge is 0.138 e. The molecule has 0 amide bonds. The van der Waals surface area contributed by atoms with Crippen molar-refractivity contribution in [3.05, 3.63) is 132 Å². The van der Waals surface area contributed by atoms with Gasteiger partial charge in [0.25, 0.3) is 0 Å². The maximum Gasteiger partial charge on any atom is 0.138 e. The third kappa shape index (κ3) is 7.12. The highest BCUT2D eigenvalue weighted by Gasteiger charge is 2.20. The standard InChI is InChI=1S/C36H42FN5/c1-7-13-30(29-16-12-17-39-23-29)35-25(5)41-36(42-35)24(4)31-19-32(33(37)20-34(31)38-6)28(9-3)18-26(8-2)21-40-22-27-14-10-11-15-27/h7-9,12-13,16-20,23,27,38,40H,1-2,4,10-11,14-15,21-22H2,3,5-6H3,(H,41,42)/b26-18+,28-9+,30-13-. The molecule has 5 nitrogen and oxygen atoms in total. The molecule has 1 aliphatic carbocycles. The molecule has 0 unspecified atom stereocenters. The topological polar surface area (TPSA) is 65.6 Å². The van der Waals surface area contributed by atoms with Gasteiger partial charge in [0, 0.05) is 65.2 Å². The molecule has 0 saturated heterocycles. The maximum atomic E-state index is 15.5. The Bertz CT molecular complexity index is 1520. The minimum Gasteiger partial charge on any atom is -0.388 e. The zero-order chi connectivity index (χ0) is 30.1. The first-order chi connectivity index (χ1) is 20.4. The van der Waals surface area contributed by atoms with Crippen LogP contribution in [0.3, 0.4) is 0 Å². The monoisotopic (exact) mass is 563 g/mol. The average Bonchev–Trinajstić information content (AvgIpc) is 3.67. The number of imidazole rings is 1. The Morgan fingerprint density at radius 1 is 1.19 bits per heavy atom. The molecule has 2 aromatic heterocycles. The summed E-state index contributed by atoms with van der Waals surface area (Å²) in [7, 11) is 1.78. The molecule has 6 heteroatoms. The summed E-state index contributed by atoms with van der Waals surface area (Å²) in [6.07, 6.45) is 18.2. The SMILES string of the molecule is C=C/C=C(/c1cccnc1)c1nc(C(=C)c2cc(C(/C=C(\C=C)CNCC3CCCC3)=C/C)c(F)cc2NC)[nH]c1C. The molecule has 1 aliphatic rings. The van der Waals surface area contributed by atoms with Crippen LogP contribution in [0.1, 0.15) is 66.5 Å². The number of aromatic nitrogens is 3. The van der Waals surface area contributed by atoms with E-state index in [0.717, 1.165) is 51.7 Å². The highest BCUT2D eigenvalue weighted by molar-refractivity contribution is 5.88. The minimum absolute atomic E-state index is 0.313. The number of aryl methyl sites for hydroxylation is 1. The van der Waals surface area contributed by atoms with E-state index < -0.39 is 0 Å². The van der Waals surface area contributed by atoms with Gasteiger partial charge in [-0.25, -0.2) is 9.37 Å². The molecular formula is C36H42FN5. The lowest BCUT2D eigenvalue weighted by molar-refractivity contribution is 0.503. The number of hydrogen-bond acceptors (Lipinski definition) is 4. The number of anilines is 1. The van der Waals surface area contributed by atoms with Crippen LogP contribution in [-0.4, -0.2) is 35.1 Å². The number of hydrogen-bond donors (Lipinski definition) is 3. The number of benzene rings is 1. The van der Waals surface area contributed by atoms with Gasteiger partial charge in [-0.2, -0.15) is 0 Å². The normalized spacial score (nSPS) is 14.7. The lowest BCUT2D eigenvalue weighted by Crippen LogP contribution is -2.23. The minimum atomic E-state index is -0.313. The number of aromatic amines is 1. The quantitative estimate of drug-likeness (QED) is 0.183. The van der Waals surface area contributed by atoms with E-state index in [1.807, 2.05) is 56.4 Å². The number of allylic oxidation sites excluding steroid dienone is 5. The maximum absolute atomic E-state index is 15.5. The summed E-state index contributed by atoms with van der Waals surface area (Å²) < 4.78 is 15.5. The van der Waals surface area contributed by atoms with Crippen LogP contribution in [-0.2, 0) is 0 Å². The molecule has 0 radical (unpaired) electrons. The molecule has 218 valence electrons. The second kappa shape index (κ2) is 14.6. The summed E-state index contributed by atoms with van der Waals surface area (Å²) in [5.74, 6) is 1.04. The van der Waals surface area contributed by atoms with Crippen molar-refractivity contribution in [1.29, 1.82) is 0 Å². The van der Waals surface area contributed by atoms with Crippen LogP contribution in [0.5, 0.6) is 0 Å². The van der Waals surface area contributed by atoms with Crippen molar-refractivity contribution in [1.82, 2.24) is 20.3 Å². The van der Waals surface area contributed by atoms with Crippen LogP contribution < -0.4 is 10.6 Å².